The van der Waals surface area contributed by atoms with Crippen molar-refractivity contribution in [1.29, 1.82) is 0 Å². The first-order valence-corrected chi connectivity index (χ1v) is 11.7. The molecule has 0 saturated heterocycles. The molecule has 10 heteroatoms. The number of allylic oxidation sites excluding steroid dienone is 2. The number of aromatic nitrogens is 2. The van der Waals surface area contributed by atoms with Crippen LogP contribution in [0.4, 0.5) is 5.69 Å². The fraction of sp³-hybridized carbons (Fsp3) is 0.280. The molecular formula is C25H29Cl3N4O3. The molecule has 35 heavy (non-hydrogen) atoms. The summed E-state index contributed by atoms with van der Waals surface area (Å²) in [5, 5.41) is 4.69. The monoisotopic (exact) mass is 538 g/mol. The Labute approximate surface area is 221 Å². The summed E-state index contributed by atoms with van der Waals surface area (Å²) >= 11 is 12.1. The molecule has 3 rings (SSSR count). The van der Waals surface area contributed by atoms with Crippen LogP contribution in [0.2, 0.25) is 10.0 Å². The van der Waals surface area contributed by atoms with E-state index in [0.717, 1.165) is 36.2 Å². The number of fused-ring (bicyclic) bond motifs is 1. The van der Waals surface area contributed by atoms with E-state index in [2.05, 4.69) is 34.0 Å². The second kappa shape index (κ2) is 14.0. The van der Waals surface area contributed by atoms with Crippen molar-refractivity contribution in [2.45, 2.75) is 13.8 Å². The van der Waals surface area contributed by atoms with Crippen LogP contribution in [-0.4, -0.2) is 54.1 Å². The van der Waals surface area contributed by atoms with E-state index in [1.54, 1.807) is 42.6 Å². The fourth-order valence-electron chi connectivity index (χ4n) is 3.27. The van der Waals surface area contributed by atoms with E-state index in [4.69, 9.17) is 32.7 Å². The molecule has 0 radical (unpaired) electrons. The van der Waals surface area contributed by atoms with E-state index < -0.39 is 0 Å². The van der Waals surface area contributed by atoms with Crippen molar-refractivity contribution >= 4 is 64.2 Å². The molecule has 0 bridgehead atoms. The summed E-state index contributed by atoms with van der Waals surface area (Å²) in [6, 6.07) is 8.97. The molecule has 2 aromatic heterocycles. The highest BCUT2D eigenvalue weighted by atomic mass is 35.5. The van der Waals surface area contributed by atoms with Crippen LogP contribution < -0.4 is 10.1 Å². The number of ether oxygens (including phenoxy) is 2. The van der Waals surface area contributed by atoms with E-state index >= 15 is 0 Å². The minimum absolute atomic E-state index is 0. The number of anilines is 1. The zero-order chi connectivity index (χ0) is 24.5. The van der Waals surface area contributed by atoms with Crippen LogP contribution in [0.15, 0.2) is 54.4 Å². The van der Waals surface area contributed by atoms with Gasteiger partial charge in [-0.15, -0.1) is 12.4 Å². The maximum Gasteiger partial charge on any atom is 0.290 e. The fourth-order valence-corrected chi connectivity index (χ4v) is 3.60. The van der Waals surface area contributed by atoms with Crippen LogP contribution in [-0.2, 0) is 9.53 Å². The second-order valence-electron chi connectivity index (χ2n) is 7.39. The summed E-state index contributed by atoms with van der Waals surface area (Å²) < 4.78 is 10.9. The van der Waals surface area contributed by atoms with Gasteiger partial charge in [-0.3, -0.25) is 4.79 Å². The maximum atomic E-state index is 12.6. The van der Waals surface area contributed by atoms with Gasteiger partial charge in [0, 0.05) is 29.2 Å². The summed E-state index contributed by atoms with van der Waals surface area (Å²) in [7, 11) is 1.44. The molecule has 0 saturated carbocycles. The number of hydrogen-bond donors (Lipinski definition) is 2. The van der Waals surface area contributed by atoms with E-state index in [1.807, 2.05) is 12.1 Å². The molecule has 7 nitrogen and oxygen atoms in total. The van der Waals surface area contributed by atoms with Crippen molar-refractivity contribution in [3.63, 3.8) is 0 Å². The molecule has 188 valence electrons. The van der Waals surface area contributed by atoms with Gasteiger partial charge in [0.25, 0.3) is 5.91 Å². The molecule has 0 atom stereocenters. The minimum atomic E-state index is -0.389. The van der Waals surface area contributed by atoms with Crippen LogP contribution in [0.5, 0.6) is 5.88 Å². The lowest BCUT2D eigenvalue weighted by molar-refractivity contribution is -0.115. The molecule has 0 unspecified atom stereocenters. The smallest absolute Gasteiger partial charge is 0.290 e. The Bertz CT molecular complexity index is 1130. The molecule has 2 N–H and O–H groups in total. The van der Waals surface area contributed by atoms with Crippen molar-refractivity contribution in [2.75, 3.05) is 38.7 Å². The molecule has 0 spiro atoms. The standard InChI is InChI=1S/C25H28Cl2N4O3.ClH/c1-4-31(5-2)11-12-34-24-10-9-19(16-28-24)30-25(32)23(33-3)8-6-7-18-13-17-14-20(26)21(27)15-22(17)29-18;/h6-10,13-16,29H,4-5,11-12H2,1-3H3,(H,30,32);1H/b7-6+,23-8+;. The number of amides is 1. The number of carbonyl (C=O) groups is 1. The van der Waals surface area contributed by atoms with Crippen LogP contribution in [0.3, 0.4) is 0 Å². The third-order valence-electron chi connectivity index (χ3n) is 5.20. The zero-order valence-corrected chi connectivity index (χ0v) is 22.1. The van der Waals surface area contributed by atoms with E-state index in [9.17, 15) is 4.79 Å². The minimum Gasteiger partial charge on any atom is -0.491 e. The summed E-state index contributed by atoms with van der Waals surface area (Å²) in [6.07, 6.45) is 6.67. The highest BCUT2D eigenvalue weighted by Gasteiger charge is 2.10. The third-order valence-corrected chi connectivity index (χ3v) is 5.92. The highest BCUT2D eigenvalue weighted by molar-refractivity contribution is 6.42. The quantitative estimate of drug-likeness (QED) is 0.172. The zero-order valence-electron chi connectivity index (χ0n) is 19.8. The lowest BCUT2D eigenvalue weighted by atomic mass is 10.2. The predicted octanol–water partition coefficient (Wildman–Crippen LogP) is 6.19. The van der Waals surface area contributed by atoms with Crippen LogP contribution in [0.25, 0.3) is 17.0 Å². The lowest BCUT2D eigenvalue weighted by Gasteiger charge is -2.17. The number of benzene rings is 1. The average Bonchev–Trinajstić information content (AvgIpc) is 3.22. The highest BCUT2D eigenvalue weighted by Crippen LogP contribution is 2.28. The molecule has 0 fully saturated rings. The van der Waals surface area contributed by atoms with Crippen molar-refractivity contribution in [1.82, 2.24) is 14.9 Å². The molecule has 0 aliphatic heterocycles. The Morgan fingerprint density at radius 2 is 1.91 bits per heavy atom. The number of H-pyrrole nitrogens is 1. The first-order chi connectivity index (χ1) is 16.4. The summed E-state index contributed by atoms with van der Waals surface area (Å²) in [5.74, 6) is 0.272. The number of pyridine rings is 1. The van der Waals surface area contributed by atoms with Gasteiger partial charge in [-0.2, -0.15) is 0 Å². The number of halogens is 3. The number of aromatic amines is 1. The van der Waals surface area contributed by atoms with Gasteiger partial charge in [0.05, 0.1) is 29.0 Å². The number of hydrogen-bond acceptors (Lipinski definition) is 5. The molecule has 1 amide bonds. The summed E-state index contributed by atoms with van der Waals surface area (Å²) in [6.45, 7) is 7.59. The van der Waals surface area contributed by atoms with Gasteiger partial charge in [-0.1, -0.05) is 43.1 Å². The summed E-state index contributed by atoms with van der Waals surface area (Å²) in [4.78, 5) is 22.3. The topological polar surface area (TPSA) is 79.5 Å². The van der Waals surface area contributed by atoms with Crippen LogP contribution in [0.1, 0.15) is 19.5 Å². The molecule has 2 heterocycles. The molecule has 0 aliphatic rings. The average molecular weight is 540 g/mol. The van der Waals surface area contributed by atoms with Crippen molar-refractivity contribution < 1.29 is 14.3 Å². The van der Waals surface area contributed by atoms with E-state index in [-0.39, 0.29) is 24.1 Å². The molecule has 0 aliphatic carbocycles. The Morgan fingerprint density at radius 1 is 1.17 bits per heavy atom. The largest absolute Gasteiger partial charge is 0.491 e. The van der Waals surface area contributed by atoms with Gasteiger partial charge in [-0.25, -0.2) is 4.98 Å². The SMILES string of the molecule is CCN(CC)CCOc1ccc(NC(=O)/C(=C\C=C\c2cc3cc(Cl)c(Cl)cc3[nH]2)OC)cn1.Cl. The number of methoxy groups -OCH3 is 1. The van der Waals surface area contributed by atoms with Gasteiger partial charge >= 0.3 is 0 Å². The molecule has 1 aromatic carbocycles. The van der Waals surface area contributed by atoms with Crippen molar-refractivity contribution in [2.24, 2.45) is 0 Å². The number of nitrogens with one attached hydrogen (secondary N) is 2. The van der Waals surface area contributed by atoms with Gasteiger partial charge in [0.1, 0.15) is 6.61 Å². The van der Waals surface area contributed by atoms with Crippen LogP contribution in [0, 0.1) is 0 Å². The Morgan fingerprint density at radius 3 is 2.57 bits per heavy atom. The van der Waals surface area contributed by atoms with Gasteiger partial charge in [-0.05, 0) is 49.5 Å². The normalized spacial score (nSPS) is 11.7. The number of rotatable bonds is 11. The van der Waals surface area contributed by atoms with E-state index in [1.165, 1.54) is 7.11 Å². The van der Waals surface area contributed by atoms with Gasteiger partial charge < -0.3 is 24.7 Å². The first kappa shape index (κ1) is 28.5. The Kier molecular flexibility index (Phi) is 11.4. The van der Waals surface area contributed by atoms with Crippen molar-refractivity contribution in [3.05, 3.63) is 70.2 Å². The maximum absolute atomic E-state index is 12.6. The van der Waals surface area contributed by atoms with Gasteiger partial charge in [0.2, 0.25) is 5.88 Å². The third kappa shape index (κ3) is 8.18. The summed E-state index contributed by atoms with van der Waals surface area (Å²) in [5.41, 5.74) is 2.24. The number of likely N-dealkylation sites (N-methyl/N-ethyl adjacent to an activating group) is 1. The van der Waals surface area contributed by atoms with Crippen LogP contribution >= 0.6 is 35.6 Å². The Hall–Kier alpha value is -2.71. The number of carbonyl (C=O) groups excluding carboxylic acids is 1. The predicted molar refractivity (Wildman–Crippen MR) is 146 cm³/mol. The molecular weight excluding hydrogens is 511 g/mol. The van der Waals surface area contributed by atoms with E-state index in [0.29, 0.717) is 28.2 Å². The van der Waals surface area contributed by atoms with Gasteiger partial charge in [0.15, 0.2) is 5.76 Å². The lowest BCUT2D eigenvalue weighted by Crippen LogP contribution is -2.28. The first-order valence-electron chi connectivity index (χ1n) is 11.0. The van der Waals surface area contributed by atoms with Crippen molar-refractivity contribution in [3.8, 4) is 5.88 Å². The molecule has 3 aromatic rings. The number of nitrogens with zero attached hydrogens (tertiary/aromatic N) is 2. The second-order valence-corrected chi connectivity index (χ2v) is 8.20. The Balaban J connectivity index is 0.00000432.